The molecule has 1 atom stereocenters. The normalized spacial score (nSPS) is 17.0. The number of hydrogen-bond acceptors (Lipinski definition) is 4. The van der Waals surface area contributed by atoms with Crippen LogP contribution in [0.2, 0.25) is 0 Å². The summed E-state index contributed by atoms with van der Waals surface area (Å²) in [6.45, 7) is 6.71. The standard InChI is InChI=1S/C19H27N5O/c1-16-11-22-24(14-16)10-8-20-13-19(25)21-12-17-7-9-23(15-17)18-5-3-2-4-6-18/h2-6,11,14,17,20H,7-10,12-13,15H2,1H3,(H,21,25)/t17-/m1/s1. The zero-order chi connectivity index (χ0) is 17.5. The molecule has 0 saturated carbocycles. The number of benzene rings is 1. The lowest BCUT2D eigenvalue weighted by Gasteiger charge is -2.18. The van der Waals surface area contributed by atoms with Gasteiger partial charge in [-0.1, -0.05) is 18.2 Å². The molecular weight excluding hydrogens is 314 g/mol. The van der Waals surface area contributed by atoms with E-state index in [1.807, 2.05) is 30.1 Å². The van der Waals surface area contributed by atoms with Crippen LogP contribution in [0.3, 0.4) is 0 Å². The molecule has 0 unspecified atom stereocenters. The summed E-state index contributed by atoms with van der Waals surface area (Å²) in [7, 11) is 0. The highest BCUT2D eigenvalue weighted by molar-refractivity contribution is 5.77. The van der Waals surface area contributed by atoms with Gasteiger partial charge in [0.2, 0.25) is 5.91 Å². The fourth-order valence-corrected chi connectivity index (χ4v) is 3.18. The van der Waals surface area contributed by atoms with Gasteiger partial charge in [0.1, 0.15) is 0 Å². The Morgan fingerprint density at radius 3 is 2.92 bits per heavy atom. The van der Waals surface area contributed by atoms with E-state index in [0.717, 1.165) is 44.7 Å². The van der Waals surface area contributed by atoms with E-state index in [0.29, 0.717) is 12.5 Å². The van der Waals surface area contributed by atoms with E-state index in [1.54, 1.807) is 0 Å². The Morgan fingerprint density at radius 1 is 1.32 bits per heavy atom. The summed E-state index contributed by atoms with van der Waals surface area (Å²) in [5.74, 6) is 0.589. The third-order valence-electron chi connectivity index (χ3n) is 4.56. The van der Waals surface area contributed by atoms with Crippen LogP contribution in [0, 0.1) is 12.8 Å². The molecule has 1 amide bonds. The molecule has 1 aliphatic rings. The van der Waals surface area contributed by atoms with E-state index in [9.17, 15) is 4.79 Å². The fraction of sp³-hybridized carbons (Fsp3) is 0.474. The molecular formula is C19H27N5O. The molecule has 6 nitrogen and oxygen atoms in total. The first-order chi connectivity index (χ1) is 12.2. The first kappa shape index (κ1) is 17.5. The number of nitrogens with zero attached hydrogens (tertiary/aromatic N) is 3. The van der Waals surface area contributed by atoms with Gasteiger partial charge in [-0.15, -0.1) is 0 Å². The van der Waals surface area contributed by atoms with Crippen molar-refractivity contribution in [3.05, 3.63) is 48.3 Å². The average molecular weight is 341 g/mol. The third kappa shape index (κ3) is 5.32. The van der Waals surface area contributed by atoms with Crippen molar-refractivity contribution in [2.45, 2.75) is 19.9 Å². The van der Waals surface area contributed by atoms with E-state index in [2.05, 4.69) is 44.9 Å². The van der Waals surface area contributed by atoms with Gasteiger partial charge in [0.05, 0.1) is 19.3 Å². The number of para-hydroxylation sites is 1. The minimum Gasteiger partial charge on any atom is -0.371 e. The Balaban J connectivity index is 1.29. The molecule has 1 aliphatic heterocycles. The predicted octanol–water partition coefficient (Wildman–Crippen LogP) is 1.42. The second-order valence-corrected chi connectivity index (χ2v) is 6.70. The molecule has 1 fully saturated rings. The molecule has 25 heavy (non-hydrogen) atoms. The summed E-state index contributed by atoms with van der Waals surface area (Å²) in [6, 6.07) is 10.5. The van der Waals surface area contributed by atoms with Crippen LogP contribution in [0.25, 0.3) is 0 Å². The van der Waals surface area contributed by atoms with Gasteiger partial charge in [0.25, 0.3) is 0 Å². The maximum Gasteiger partial charge on any atom is 0.233 e. The lowest BCUT2D eigenvalue weighted by molar-refractivity contribution is -0.120. The van der Waals surface area contributed by atoms with Crippen LogP contribution < -0.4 is 15.5 Å². The quantitative estimate of drug-likeness (QED) is 0.713. The van der Waals surface area contributed by atoms with Gasteiger partial charge in [-0.2, -0.15) is 5.10 Å². The first-order valence-corrected chi connectivity index (χ1v) is 8.97. The first-order valence-electron chi connectivity index (χ1n) is 8.97. The Kier molecular flexibility index (Phi) is 6.06. The van der Waals surface area contributed by atoms with E-state index in [-0.39, 0.29) is 5.91 Å². The average Bonchev–Trinajstić information content (AvgIpc) is 3.27. The van der Waals surface area contributed by atoms with Crippen molar-refractivity contribution in [1.29, 1.82) is 0 Å². The van der Waals surface area contributed by atoms with Crippen LogP contribution in [-0.4, -0.2) is 48.4 Å². The van der Waals surface area contributed by atoms with Crippen molar-refractivity contribution in [2.24, 2.45) is 5.92 Å². The molecule has 0 bridgehead atoms. The van der Waals surface area contributed by atoms with Crippen LogP contribution in [0.4, 0.5) is 5.69 Å². The Morgan fingerprint density at radius 2 is 2.16 bits per heavy atom. The number of carbonyl (C=O) groups is 1. The minimum absolute atomic E-state index is 0.0646. The lowest BCUT2D eigenvalue weighted by Crippen LogP contribution is -2.38. The highest BCUT2D eigenvalue weighted by atomic mass is 16.1. The van der Waals surface area contributed by atoms with Gasteiger partial charge >= 0.3 is 0 Å². The number of aromatic nitrogens is 2. The Bertz CT molecular complexity index is 669. The van der Waals surface area contributed by atoms with Crippen LogP contribution in [0.15, 0.2) is 42.7 Å². The van der Waals surface area contributed by atoms with Crippen LogP contribution in [0.5, 0.6) is 0 Å². The summed E-state index contributed by atoms with van der Waals surface area (Å²) in [5.41, 5.74) is 2.42. The van der Waals surface area contributed by atoms with E-state index < -0.39 is 0 Å². The molecule has 2 aromatic rings. The number of nitrogens with one attached hydrogen (secondary N) is 2. The van der Waals surface area contributed by atoms with Crippen molar-refractivity contribution in [1.82, 2.24) is 20.4 Å². The topological polar surface area (TPSA) is 62.2 Å². The molecule has 2 N–H and O–H groups in total. The molecule has 0 aliphatic carbocycles. The highest BCUT2D eigenvalue weighted by Crippen LogP contribution is 2.22. The molecule has 3 rings (SSSR count). The van der Waals surface area contributed by atoms with Crippen LogP contribution in [-0.2, 0) is 11.3 Å². The Hall–Kier alpha value is -2.34. The minimum atomic E-state index is 0.0646. The maximum absolute atomic E-state index is 12.0. The molecule has 0 spiro atoms. The van der Waals surface area contributed by atoms with Crippen molar-refractivity contribution in [3.8, 4) is 0 Å². The smallest absolute Gasteiger partial charge is 0.233 e. The second-order valence-electron chi connectivity index (χ2n) is 6.70. The molecule has 2 heterocycles. The number of aryl methyl sites for hydroxylation is 1. The number of amides is 1. The van der Waals surface area contributed by atoms with Crippen molar-refractivity contribution in [3.63, 3.8) is 0 Å². The van der Waals surface area contributed by atoms with Gasteiger partial charge in [-0.05, 0) is 37.0 Å². The number of carbonyl (C=O) groups excluding carboxylic acids is 1. The largest absolute Gasteiger partial charge is 0.371 e. The van der Waals surface area contributed by atoms with E-state index in [4.69, 9.17) is 0 Å². The summed E-state index contributed by atoms with van der Waals surface area (Å²) >= 11 is 0. The van der Waals surface area contributed by atoms with Crippen molar-refractivity contribution >= 4 is 11.6 Å². The number of rotatable bonds is 8. The molecule has 1 saturated heterocycles. The van der Waals surface area contributed by atoms with Crippen LogP contribution in [0.1, 0.15) is 12.0 Å². The highest BCUT2D eigenvalue weighted by Gasteiger charge is 2.22. The summed E-state index contributed by atoms with van der Waals surface area (Å²) in [4.78, 5) is 14.3. The third-order valence-corrected chi connectivity index (χ3v) is 4.56. The summed E-state index contributed by atoms with van der Waals surface area (Å²) in [5, 5.41) is 10.4. The van der Waals surface area contributed by atoms with Crippen LogP contribution >= 0.6 is 0 Å². The molecule has 0 radical (unpaired) electrons. The van der Waals surface area contributed by atoms with E-state index in [1.165, 1.54) is 5.69 Å². The van der Waals surface area contributed by atoms with Gasteiger partial charge < -0.3 is 15.5 Å². The Labute approximate surface area is 149 Å². The zero-order valence-electron chi connectivity index (χ0n) is 14.8. The molecule has 1 aromatic heterocycles. The van der Waals surface area contributed by atoms with Gasteiger partial charge in [-0.25, -0.2) is 0 Å². The van der Waals surface area contributed by atoms with Crippen molar-refractivity contribution in [2.75, 3.05) is 37.6 Å². The van der Waals surface area contributed by atoms with Gasteiger partial charge in [-0.3, -0.25) is 9.48 Å². The molecule has 134 valence electrons. The summed E-state index contributed by atoms with van der Waals surface area (Å²) in [6.07, 6.45) is 4.97. The monoisotopic (exact) mass is 341 g/mol. The zero-order valence-corrected chi connectivity index (χ0v) is 14.8. The SMILES string of the molecule is Cc1cnn(CCNCC(=O)NC[C@H]2CCN(c3ccccc3)C2)c1. The second kappa shape index (κ2) is 8.67. The predicted molar refractivity (Wildman–Crippen MR) is 99.6 cm³/mol. The number of anilines is 1. The maximum atomic E-state index is 12.0. The van der Waals surface area contributed by atoms with Gasteiger partial charge in [0, 0.05) is 38.1 Å². The fourth-order valence-electron chi connectivity index (χ4n) is 3.18. The molecule has 6 heteroatoms. The van der Waals surface area contributed by atoms with Gasteiger partial charge in [0.15, 0.2) is 0 Å². The molecule has 1 aromatic carbocycles. The number of hydrogen-bond donors (Lipinski definition) is 2. The summed E-state index contributed by atoms with van der Waals surface area (Å²) < 4.78 is 1.89. The van der Waals surface area contributed by atoms with E-state index >= 15 is 0 Å². The lowest BCUT2D eigenvalue weighted by atomic mass is 10.1. The van der Waals surface area contributed by atoms with Crippen molar-refractivity contribution < 1.29 is 4.79 Å².